The van der Waals surface area contributed by atoms with Crippen LogP contribution in [0.3, 0.4) is 0 Å². The van der Waals surface area contributed by atoms with Gasteiger partial charge in [0, 0.05) is 38.6 Å². The van der Waals surface area contributed by atoms with Crippen molar-refractivity contribution in [2.45, 2.75) is 19.1 Å². The van der Waals surface area contributed by atoms with Crippen molar-refractivity contribution in [2.24, 2.45) is 0 Å². The summed E-state index contributed by atoms with van der Waals surface area (Å²) in [6, 6.07) is 18.3. The summed E-state index contributed by atoms with van der Waals surface area (Å²) < 4.78 is 15.6. The molecule has 0 saturated carbocycles. The Morgan fingerprint density at radius 3 is 2.71 bits per heavy atom. The molecule has 174 valence electrons. The van der Waals surface area contributed by atoms with Gasteiger partial charge in [-0.05, 0) is 41.8 Å². The largest absolute Gasteiger partial charge is 0.390 e. The minimum Gasteiger partial charge on any atom is -0.390 e. The van der Waals surface area contributed by atoms with E-state index < -0.39 is 6.10 Å². The minimum atomic E-state index is -0.678. The molecule has 0 unspecified atom stereocenters. The fraction of sp³-hybridized carbons (Fsp3) is 0.231. The van der Waals surface area contributed by atoms with Gasteiger partial charge in [0.15, 0.2) is 0 Å². The standard InChI is InChI=1S/C26H26FN5O2/c27-22-7-3-4-8-23(22)29-20-9-10-25-30-24(17-32(25)15-20)26(34)28-13-21(33)16-31-12-11-18-5-1-2-6-19(18)14-31/h1-10,15,17,21,29,33H,11-14,16H2,(H,28,34)/t21-/m0/s1. The number of hydrogen-bond donors (Lipinski definition) is 3. The van der Waals surface area contributed by atoms with E-state index in [2.05, 4.69) is 38.7 Å². The highest BCUT2D eigenvalue weighted by Gasteiger charge is 2.19. The molecule has 1 amide bonds. The molecule has 8 heteroatoms. The van der Waals surface area contributed by atoms with Crippen LogP contribution in [0.2, 0.25) is 0 Å². The molecule has 4 aromatic rings. The molecule has 34 heavy (non-hydrogen) atoms. The molecule has 0 fully saturated rings. The van der Waals surface area contributed by atoms with Crippen molar-refractivity contribution in [1.29, 1.82) is 0 Å². The Kier molecular flexibility index (Phi) is 6.24. The number of hydrogen-bond acceptors (Lipinski definition) is 5. The van der Waals surface area contributed by atoms with Gasteiger partial charge in [-0.1, -0.05) is 36.4 Å². The van der Waals surface area contributed by atoms with E-state index in [9.17, 15) is 14.3 Å². The molecule has 1 aliphatic rings. The Hall–Kier alpha value is -3.75. The van der Waals surface area contributed by atoms with Gasteiger partial charge in [-0.3, -0.25) is 9.69 Å². The number of rotatable bonds is 7. The smallest absolute Gasteiger partial charge is 0.271 e. The molecule has 0 radical (unpaired) electrons. The summed E-state index contributed by atoms with van der Waals surface area (Å²) in [5.74, 6) is -0.698. The van der Waals surface area contributed by atoms with E-state index in [1.54, 1.807) is 47.1 Å². The second kappa shape index (κ2) is 9.62. The predicted octanol–water partition coefficient (Wildman–Crippen LogP) is 3.37. The number of imidazole rings is 1. The number of β-amino-alcohol motifs (C(OH)–C–C–N with tert-alkyl or cyclic N) is 1. The Morgan fingerprint density at radius 1 is 1.06 bits per heavy atom. The lowest BCUT2D eigenvalue weighted by molar-refractivity contribution is 0.0838. The number of carbonyl (C=O) groups excluding carboxylic acids is 1. The molecule has 7 nitrogen and oxygen atoms in total. The van der Waals surface area contributed by atoms with E-state index in [1.807, 2.05) is 6.07 Å². The number of carbonyl (C=O) groups is 1. The predicted molar refractivity (Wildman–Crippen MR) is 129 cm³/mol. The highest BCUT2D eigenvalue weighted by molar-refractivity contribution is 5.92. The molecule has 1 aliphatic heterocycles. The number of benzene rings is 2. The van der Waals surface area contributed by atoms with Crippen molar-refractivity contribution in [3.05, 3.63) is 95.7 Å². The summed E-state index contributed by atoms with van der Waals surface area (Å²) in [6.45, 7) is 2.32. The summed E-state index contributed by atoms with van der Waals surface area (Å²) in [4.78, 5) is 19.2. The van der Waals surface area contributed by atoms with E-state index in [-0.39, 0.29) is 24.0 Å². The Bertz CT molecular complexity index is 1320. The van der Waals surface area contributed by atoms with E-state index >= 15 is 0 Å². The number of pyridine rings is 1. The fourth-order valence-electron chi connectivity index (χ4n) is 4.27. The number of aliphatic hydroxyl groups excluding tert-OH is 1. The molecule has 0 bridgehead atoms. The number of para-hydroxylation sites is 1. The first-order valence-corrected chi connectivity index (χ1v) is 11.3. The Balaban J connectivity index is 1.17. The van der Waals surface area contributed by atoms with Gasteiger partial charge in [-0.2, -0.15) is 0 Å². The van der Waals surface area contributed by atoms with E-state index in [4.69, 9.17) is 0 Å². The maximum Gasteiger partial charge on any atom is 0.271 e. The summed E-state index contributed by atoms with van der Waals surface area (Å²) >= 11 is 0. The molecular weight excluding hydrogens is 433 g/mol. The van der Waals surface area contributed by atoms with Crippen molar-refractivity contribution in [3.8, 4) is 0 Å². The normalized spacial score (nSPS) is 14.5. The molecule has 3 heterocycles. The third kappa shape index (κ3) is 4.93. The van der Waals surface area contributed by atoms with Crippen LogP contribution in [0.15, 0.2) is 73.1 Å². The molecule has 5 rings (SSSR count). The molecule has 1 atom stereocenters. The number of halogens is 1. The molecule has 0 aliphatic carbocycles. The highest BCUT2D eigenvalue weighted by Crippen LogP contribution is 2.21. The monoisotopic (exact) mass is 459 g/mol. The average Bonchev–Trinajstić information content (AvgIpc) is 3.27. The van der Waals surface area contributed by atoms with Crippen molar-refractivity contribution < 1.29 is 14.3 Å². The third-order valence-electron chi connectivity index (χ3n) is 6.01. The van der Waals surface area contributed by atoms with Crippen LogP contribution >= 0.6 is 0 Å². The number of nitrogens with one attached hydrogen (secondary N) is 2. The first kappa shape index (κ1) is 22.1. The molecule has 2 aromatic heterocycles. The number of anilines is 2. The first-order valence-electron chi connectivity index (χ1n) is 11.3. The fourth-order valence-corrected chi connectivity index (χ4v) is 4.27. The lowest BCUT2D eigenvalue weighted by Gasteiger charge is -2.30. The summed E-state index contributed by atoms with van der Waals surface area (Å²) in [6.07, 6.45) is 3.65. The maximum absolute atomic E-state index is 13.9. The third-order valence-corrected chi connectivity index (χ3v) is 6.01. The van der Waals surface area contributed by atoms with Gasteiger partial charge >= 0.3 is 0 Å². The number of amides is 1. The number of aliphatic hydroxyl groups is 1. The second-order valence-corrected chi connectivity index (χ2v) is 8.53. The van der Waals surface area contributed by atoms with Gasteiger partial charge in [-0.25, -0.2) is 9.37 Å². The quantitative estimate of drug-likeness (QED) is 0.395. The molecule has 0 spiro atoms. The SMILES string of the molecule is O=C(NC[C@H](O)CN1CCc2ccccc2C1)c1cn2cc(Nc3ccccc3F)ccc2n1. The first-order chi connectivity index (χ1) is 16.5. The summed E-state index contributed by atoms with van der Waals surface area (Å²) in [7, 11) is 0. The minimum absolute atomic E-state index is 0.144. The van der Waals surface area contributed by atoms with Crippen LogP contribution in [0.1, 0.15) is 21.6 Å². The van der Waals surface area contributed by atoms with Crippen LogP contribution in [0.25, 0.3) is 5.65 Å². The zero-order valence-corrected chi connectivity index (χ0v) is 18.6. The van der Waals surface area contributed by atoms with Gasteiger partial charge in [0.1, 0.15) is 17.2 Å². The topological polar surface area (TPSA) is 81.9 Å². The number of aromatic nitrogens is 2. The Labute approximate surface area is 196 Å². The molecule has 3 N–H and O–H groups in total. The molecule has 0 saturated heterocycles. The summed E-state index contributed by atoms with van der Waals surface area (Å²) in [5.41, 5.74) is 4.53. The van der Waals surface area contributed by atoms with Gasteiger partial charge in [0.25, 0.3) is 5.91 Å². The number of nitrogens with zero attached hydrogens (tertiary/aromatic N) is 3. The van der Waals surface area contributed by atoms with Crippen molar-refractivity contribution in [2.75, 3.05) is 25.0 Å². The zero-order chi connectivity index (χ0) is 23.5. The summed E-state index contributed by atoms with van der Waals surface area (Å²) in [5, 5.41) is 16.3. The van der Waals surface area contributed by atoms with Gasteiger partial charge in [0.2, 0.25) is 0 Å². The van der Waals surface area contributed by atoms with Crippen molar-refractivity contribution >= 4 is 22.9 Å². The van der Waals surface area contributed by atoms with Crippen molar-refractivity contribution in [1.82, 2.24) is 19.6 Å². The van der Waals surface area contributed by atoms with Gasteiger partial charge < -0.3 is 20.1 Å². The van der Waals surface area contributed by atoms with Crippen LogP contribution in [0.5, 0.6) is 0 Å². The Morgan fingerprint density at radius 2 is 1.85 bits per heavy atom. The van der Waals surface area contributed by atoms with Crippen LogP contribution < -0.4 is 10.6 Å². The molecule has 2 aromatic carbocycles. The van der Waals surface area contributed by atoms with Gasteiger partial charge in [0.05, 0.1) is 17.5 Å². The van der Waals surface area contributed by atoms with E-state index in [0.29, 0.717) is 23.6 Å². The average molecular weight is 460 g/mol. The number of fused-ring (bicyclic) bond motifs is 2. The lowest BCUT2D eigenvalue weighted by atomic mass is 10.00. The van der Waals surface area contributed by atoms with Crippen LogP contribution in [-0.4, -0.2) is 51.0 Å². The second-order valence-electron chi connectivity index (χ2n) is 8.53. The zero-order valence-electron chi connectivity index (χ0n) is 18.6. The van der Waals surface area contributed by atoms with E-state index in [0.717, 1.165) is 19.5 Å². The van der Waals surface area contributed by atoms with Crippen LogP contribution in [-0.2, 0) is 13.0 Å². The maximum atomic E-state index is 13.9. The van der Waals surface area contributed by atoms with Crippen LogP contribution in [0.4, 0.5) is 15.8 Å². The van der Waals surface area contributed by atoms with Crippen LogP contribution in [0, 0.1) is 5.82 Å². The van der Waals surface area contributed by atoms with Gasteiger partial charge in [-0.15, -0.1) is 0 Å². The highest BCUT2D eigenvalue weighted by atomic mass is 19.1. The lowest BCUT2D eigenvalue weighted by Crippen LogP contribution is -2.42. The molecular formula is C26H26FN5O2. The van der Waals surface area contributed by atoms with Crippen molar-refractivity contribution in [3.63, 3.8) is 0 Å². The van der Waals surface area contributed by atoms with E-state index in [1.165, 1.54) is 17.2 Å².